The van der Waals surface area contributed by atoms with E-state index in [1.165, 1.54) is 23.5 Å². The lowest BCUT2D eigenvalue weighted by Gasteiger charge is -2.14. The fourth-order valence-electron chi connectivity index (χ4n) is 2.62. The molecule has 0 radical (unpaired) electrons. The fourth-order valence-corrected chi connectivity index (χ4v) is 4.65. The summed E-state index contributed by atoms with van der Waals surface area (Å²) in [6.45, 7) is 3.70. The number of sulfonamides is 1. The molecule has 9 heteroatoms. The minimum absolute atomic E-state index is 0.124. The van der Waals surface area contributed by atoms with Gasteiger partial charge in [-0.25, -0.2) is 8.42 Å². The van der Waals surface area contributed by atoms with Crippen molar-refractivity contribution in [3.63, 3.8) is 0 Å². The first-order valence-corrected chi connectivity index (χ1v) is 11.4. The number of rotatable bonds is 5. The largest absolute Gasteiger partial charge is 0.332 e. The number of thiophene rings is 1. The highest BCUT2D eigenvalue weighted by Crippen LogP contribution is 2.24. The van der Waals surface area contributed by atoms with E-state index in [4.69, 9.17) is 12.2 Å². The smallest absolute Gasteiger partial charge is 0.267 e. The van der Waals surface area contributed by atoms with Crippen LogP contribution in [0.25, 0.3) is 0 Å². The van der Waals surface area contributed by atoms with Gasteiger partial charge in [0.05, 0.1) is 15.5 Å². The molecule has 0 aliphatic heterocycles. The van der Waals surface area contributed by atoms with Crippen LogP contribution in [0.2, 0.25) is 0 Å². The Morgan fingerprint density at radius 1 is 0.966 bits per heavy atom. The normalized spacial score (nSPS) is 11.0. The predicted molar refractivity (Wildman–Crippen MR) is 121 cm³/mol. The highest BCUT2D eigenvalue weighted by molar-refractivity contribution is 7.92. The van der Waals surface area contributed by atoms with E-state index in [9.17, 15) is 13.2 Å². The standard InChI is InChI=1S/C20H19N3O3S3/c1-13-5-3-6-14(2)18(13)23-29(25,26)16-10-8-15(9-11-16)21-20(27)22-19(24)17-7-4-12-28-17/h3-12,23H,1-2H3,(H2,21,22,24,27). The van der Waals surface area contributed by atoms with Crippen molar-refractivity contribution in [3.8, 4) is 0 Å². The highest BCUT2D eigenvalue weighted by Gasteiger charge is 2.16. The van der Waals surface area contributed by atoms with E-state index in [0.29, 0.717) is 16.3 Å². The Bertz CT molecular complexity index is 1120. The van der Waals surface area contributed by atoms with Gasteiger partial charge in [-0.15, -0.1) is 11.3 Å². The van der Waals surface area contributed by atoms with E-state index < -0.39 is 10.0 Å². The lowest BCUT2D eigenvalue weighted by molar-refractivity contribution is 0.0981. The van der Waals surface area contributed by atoms with Gasteiger partial charge < -0.3 is 5.32 Å². The summed E-state index contributed by atoms with van der Waals surface area (Å²) in [5, 5.41) is 7.39. The summed E-state index contributed by atoms with van der Waals surface area (Å²) in [6, 6.07) is 15.2. The Kier molecular flexibility index (Phi) is 6.31. The summed E-state index contributed by atoms with van der Waals surface area (Å²) in [5.74, 6) is -0.297. The molecule has 3 N–H and O–H groups in total. The number of hydrogen-bond acceptors (Lipinski definition) is 5. The Labute approximate surface area is 179 Å². The van der Waals surface area contributed by atoms with E-state index >= 15 is 0 Å². The summed E-state index contributed by atoms with van der Waals surface area (Å²) in [5.41, 5.74) is 2.83. The Balaban J connectivity index is 1.67. The molecule has 3 rings (SSSR count). The molecule has 0 fully saturated rings. The first kappa shape index (κ1) is 21.0. The van der Waals surface area contributed by atoms with Crippen LogP contribution in [0, 0.1) is 13.8 Å². The van der Waals surface area contributed by atoms with Gasteiger partial charge in [0.2, 0.25) is 0 Å². The van der Waals surface area contributed by atoms with Crippen molar-refractivity contribution in [2.24, 2.45) is 0 Å². The second kappa shape index (κ2) is 8.73. The predicted octanol–water partition coefficient (Wildman–Crippen LogP) is 4.29. The van der Waals surface area contributed by atoms with Crippen molar-refractivity contribution in [2.45, 2.75) is 18.7 Å². The number of amides is 1. The molecule has 0 aliphatic rings. The number of nitrogens with one attached hydrogen (secondary N) is 3. The van der Waals surface area contributed by atoms with Crippen LogP contribution in [-0.2, 0) is 10.0 Å². The van der Waals surface area contributed by atoms with Crippen LogP contribution in [0.5, 0.6) is 0 Å². The average molecular weight is 446 g/mol. The maximum atomic E-state index is 12.7. The molecule has 3 aromatic rings. The first-order chi connectivity index (χ1) is 13.8. The third-order valence-electron chi connectivity index (χ3n) is 4.11. The van der Waals surface area contributed by atoms with Crippen molar-refractivity contribution in [1.29, 1.82) is 0 Å². The minimum Gasteiger partial charge on any atom is -0.332 e. The van der Waals surface area contributed by atoms with Gasteiger partial charge in [-0.3, -0.25) is 14.8 Å². The van der Waals surface area contributed by atoms with Crippen molar-refractivity contribution in [2.75, 3.05) is 10.0 Å². The SMILES string of the molecule is Cc1cccc(C)c1NS(=O)(=O)c1ccc(NC(=S)NC(=O)c2cccs2)cc1. The van der Waals surface area contributed by atoms with E-state index in [2.05, 4.69) is 15.4 Å². The summed E-state index contributed by atoms with van der Waals surface area (Å²) in [4.78, 5) is 12.7. The van der Waals surface area contributed by atoms with Gasteiger partial charge in [0.1, 0.15) is 0 Å². The van der Waals surface area contributed by atoms with Gasteiger partial charge in [0, 0.05) is 5.69 Å². The first-order valence-electron chi connectivity index (χ1n) is 8.61. The van der Waals surface area contributed by atoms with Crippen LogP contribution >= 0.6 is 23.6 Å². The summed E-state index contributed by atoms with van der Waals surface area (Å²) in [6.07, 6.45) is 0. The van der Waals surface area contributed by atoms with Crippen LogP contribution in [0.15, 0.2) is 64.9 Å². The summed E-state index contributed by atoms with van der Waals surface area (Å²) >= 11 is 6.45. The van der Waals surface area contributed by atoms with Gasteiger partial charge in [0.25, 0.3) is 15.9 Å². The molecular formula is C20H19N3O3S3. The van der Waals surface area contributed by atoms with Crippen molar-refractivity contribution >= 4 is 56.0 Å². The molecule has 0 saturated carbocycles. The molecule has 6 nitrogen and oxygen atoms in total. The maximum Gasteiger partial charge on any atom is 0.267 e. The Morgan fingerprint density at radius 3 is 2.21 bits per heavy atom. The maximum absolute atomic E-state index is 12.7. The Morgan fingerprint density at radius 2 is 1.62 bits per heavy atom. The second-order valence-electron chi connectivity index (χ2n) is 6.28. The quantitative estimate of drug-likeness (QED) is 0.510. The van der Waals surface area contributed by atoms with E-state index in [1.807, 2.05) is 32.0 Å². The van der Waals surface area contributed by atoms with Crippen molar-refractivity contribution in [3.05, 3.63) is 76.0 Å². The molecular weight excluding hydrogens is 426 g/mol. The van der Waals surface area contributed by atoms with Crippen LogP contribution in [0.3, 0.4) is 0 Å². The van der Waals surface area contributed by atoms with Gasteiger partial charge in [-0.05, 0) is 72.9 Å². The van der Waals surface area contributed by atoms with Gasteiger partial charge in [0.15, 0.2) is 5.11 Å². The number of anilines is 2. The molecule has 1 amide bonds. The molecule has 150 valence electrons. The lowest BCUT2D eigenvalue weighted by Crippen LogP contribution is -2.33. The highest BCUT2D eigenvalue weighted by atomic mass is 32.2. The van der Waals surface area contributed by atoms with Crippen LogP contribution in [0.4, 0.5) is 11.4 Å². The number of para-hydroxylation sites is 1. The lowest BCUT2D eigenvalue weighted by atomic mass is 10.1. The van der Waals surface area contributed by atoms with E-state index in [1.54, 1.807) is 29.6 Å². The topological polar surface area (TPSA) is 87.3 Å². The zero-order chi connectivity index (χ0) is 21.0. The van der Waals surface area contributed by atoms with Crippen molar-refractivity contribution in [1.82, 2.24) is 5.32 Å². The van der Waals surface area contributed by atoms with Crippen LogP contribution in [-0.4, -0.2) is 19.4 Å². The third-order valence-corrected chi connectivity index (χ3v) is 6.55. The minimum atomic E-state index is -3.73. The molecule has 2 aromatic carbocycles. The zero-order valence-electron chi connectivity index (χ0n) is 15.7. The van der Waals surface area contributed by atoms with Crippen molar-refractivity contribution < 1.29 is 13.2 Å². The van der Waals surface area contributed by atoms with E-state index in [0.717, 1.165) is 11.1 Å². The Hall–Kier alpha value is -2.75. The molecule has 29 heavy (non-hydrogen) atoms. The number of carbonyl (C=O) groups is 1. The molecule has 0 saturated heterocycles. The second-order valence-corrected chi connectivity index (χ2v) is 9.32. The fraction of sp³-hybridized carbons (Fsp3) is 0.100. The molecule has 0 bridgehead atoms. The third kappa shape index (κ3) is 5.20. The zero-order valence-corrected chi connectivity index (χ0v) is 18.2. The van der Waals surface area contributed by atoms with Gasteiger partial charge >= 0.3 is 0 Å². The van der Waals surface area contributed by atoms with E-state index in [-0.39, 0.29) is 15.9 Å². The molecule has 0 atom stereocenters. The van der Waals surface area contributed by atoms with Gasteiger partial charge in [-0.2, -0.15) is 0 Å². The summed E-state index contributed by atoms with van der Waals surface area (Å²) in [7, 11) is -3.73. The summed E-state index contributed by atoms with van der Waals surface area (Å²) < 4.78 is 28.0. The molecule has 1 aromatic heterocycles. The van der Waals surface area contributed by atoms with Gasteiger partial charge in [-0.1, -0.05) is 24.3 Å². The number of aryl methyl sites for hydroxylation is 2. The number of thiocarbonyl (C=S) groups is 1. The number of hydrogen-bond donors (Lipinski definition) is 3. The molecule has 0 spiro atoms. The molecule has 0 unspecified atom stereocenters. The number of benzene rings is 2. The number of carbonyl (C=O) groups excluding carboxylic acids is 1. The monoisotopic (exact) mass is 445 g/mol. The molecule has 1 heterocycles. The average Bonchev–Trinajstić information content (AvgIpc) is 3.20. The van der Waals surface area contributed by atoms with Crippen LogP contribution in [0.1, 0.15) is 20.8 Å². The molecule has 0 aliphatic carbocycles. The van der Waals surface area contributed by atoms with Crippen LogP contribution < -0.4 is 15.4 Å².